The van der Waals surface area contributed by atoms with Crippen LogP contribution in [0.15, 0.2) is 42.7 Å². The van der Waals surface area contributed by atoms with Crippen molar-refractivity contribution in [1.82, 2.24) is 19.8 Å². The molecule has 1 atom stereocenters. The van der Waals surface area contributed by atoms with Crippen molar-refractivity contribution in [3.05, 3.63) is 52.5 Å². The van der Waals surface area contributed by atoms with Crippen LogP contribution >= 0.6 is 11.3 Å². The highest BCUT2D eigenvalue weighted by atomic mass is 32.1. The van der Waals surface area contributed by atoms with Gasteiger partial charge in [-0.25, -0.2) is 4.98 Å². The molecule has 2 aromatic heterocycles. The lowest BCUT2D eigenvalue weighted by Crippen LogP contribution is -2.33. The molecule has 4 rings (SSSR count). The lowest BCUT2D eigenvalue weighted by atomic mass is 10.2. The van der Waals surface area contributed by atoms with Gasteiger partial charge < -0.3 is 14.8 Å². The predicted molar refractivity (Wildman–Crippen MR) is 106 cm³/mol. The van der Waals surface area contributed by atoms with Crippen LogP contribution in [0.1, 0.15) is 40.4 Å². The third-order valence-electron chi connectivity index (χ3n) is 4.92. The molecule has 0 unspecified atom stereocenters. The Hall–Kier alpha value is -2.67. The number of nitrogens with one attached hydrogen (secondary N) is 1. The molecule has 1 aliphatic heterocycles. The minimum absolute atomic E-state index is 0.0468. The zero-order valence-electron chi connectivity index (χ0n) is 15.2. The maximum Gasteiger partial charge on any atom is 0.261 e. The number of nitrogens with zero attached hydrogens (tertiary/aromatic N) is 3. The smallest absolute Gasteiger partial charge is 0.261 e. The number of likely N-dealkylation sites (tertiary alicyclic amines) is 1. The second kappa shape index (κ2) is 7.52. The van der Waals surface area contributed by atoms with Crippen molar-refractivity contribution in [2.45, 2.75) is 32.4 Å². The molecular formula is C20H22N4O2S. The molecule has 3 aromatic rings. The molecule has 3 heterocycles. The minimum atomic E-state index is -0.0468. The average molecular weight is 382 g/mol. The van der Waals surface area contributed by atoms with Crippen molar-refractivity contribution in [2.75, 3.05) is 13.1 Å². The Morgan fingerprint density at radius 1 is 1.26 bits per heavy atom. The highest BCUT2D eigenvalue weighted by Crippen LogP contribution is 2.36. The first-order chi connectivity index (χ1) is 13.2. The SMILES string of the molecule is CCNC(=O)c1ccc([C@@H]2CCCN2C(=O)Cn2cnc3ccccc32)s1. The number of hydrogen-bond donors (Lipinski definition) is 1. The molecule has 0 bridgehead atoms. The van der Waals surface area contributed by atoms with Crippen molar-refractivity contribution in [3.8, 4) is 0 Å². The third kappa shape index (κ3) is 3.47. The number of benzene rings is 1. The number of imidazole rings is 1. The molecule has 1 N–H and O–H groups in total. The van der Waals surface area contributed by atoms with Gasteiger partial charge in [-0.05, 0) is 44.0 Å². The highest BCUT2D eigenvalue weighted by molar-refractivity contribution is 7.14. The third-order valence-corrected chi connectivity index (χ3v) is 6.11. The van der Waals surface area contributed by atoms with Crippen molar-refractivity contribution < 1.29 is 9.59 Å². The second-order valence-corrected chi connectivity index (χ2v) is 7.78. The summed E-state index contributed by atoms with van der Waals surface area (Å²) in [4.78, 5) is 33.1. The van der Waals surface area contributed by atoms with Crippen LogP contribution in [0.5, 0.6) is 0 Å². The first-order valence-electron chi connectivity index (χ1n) is 9.24. The molecule has 0 saturated carbocycles. The summed E-state index contributed by atoms with van der Waals surface area (Å²) in [6, 6.07) is 11.7. The number of carbonyl (C=O) groups is 2. The number of thiophene rings is 1. The number of para-hydroxylation sites is 2. The van der Waals surface area contributed by atoms with E-state index >= 15 is 0 Å². The van der Waals surface area contributed by atoms with Crippen LogP contribution in [0.4, 0.5) is 0 Å². The van der Waals surface area contributed by atoms with Gasteiger partial charge in [0, 0.05) is 18.0 Å². The van der Waals surface area contributed by atoms with Crippen molar-refractivity contribution in [2.24, 2.45) is 0 Å². The summed E-state index contributed by atoms with van der Waals surface area (Å²) in [5.41, 5.74) is 1.87. The first kappa shape index (κ1) is 17.7. The van der Waals surface area contributed by atoms with E-state index in [0.29, 0.717) is 11.4 Å². The van der Waals surface area contributed by atoms with Crippen molar-refractivity contribution in [1.29, 1.82) is 0 Å². The van der Waals surface area contributed by atoms with Gasteiger partial charge in [-0.15, -0.1) is 11.3 Å². The molecule has 1 fully saturated rings. The molecule has 27 heavy (non-hydrogen) atoms. The summed E-state index contributed by atoms with van der Waals surface area (Å²) >= 11 is 1.48. The molecular weight excluding hydrogens is 360 g/mol. The summed E-state index contributed by atoms with van der Waals surface area (Å²) in [5.74, 6) is 0.0446. The van der Waals surface area contributed by atoms with E-state index in [1.165, 1.54) is 11.3 Å². The van der Waals surface area contributed by atoms with E-state index in [-0.39, 0.29) is 24.4 Å². The van der Waals surface area contributed by atoms with Crippen molar-refractivity contribution >= 4 is 34.2 Å². The van der Waals surface area contributed by atoms with Gasteiger partial charge in [-0.1, -0.05) is 12.1 Å². The van der Waals surface area contributed by atoms with Crippen molar-refractivity contribution in [3.63, 3.8) is 0 Å². The molecule has 1 aliphatic rings. The van der Waals surface area contributed by atoms with Crippen LogP contribution < -0.4 is 5.32 Å². The van der Waals surface area contributed by atoms with Crippen LogP contribution in [-0.2, 0) is 11.3 Å². The fourth-order valence-corrected chi connectivity index (χ4v) is 4.71. The van der Waals surface area contributed by atoms with E-state index in [9.17, 15) is 9.59 Å². The molecule has 140 valence electrons. The summed E-state index contributed by atoms with van der Waals surface area (Å²) in [5, 5.41) is 2.83. The summed E-state index contributed by atoms with van der Waals surface area (Å²) < 4.78 is 1.90. The monoisotopic (exact) mass is 382 g/mol. The Bertz CT molecular complexity index is 977. The number of fused-ring (bicyclic) bond motifs is 1. The Balaban J connectivity index is 1.51. The molecule has 0 aliphatic carbocycles. The number of carbonyl (C=O) groups excluding carboxylic acids is 2. The van der Waals surface area contributed by atoms with Crippen LogP contribution in [0.2, 0.25) is 0 Å². The highest BCUT2D eigenvalue weighted by Gasteiger charge is 2.31. The molecule has 1 aromatic carbocycles. The zero-order chi connectivity index (χ0) is 18.8. The Labute approximate surface area is 161 Å². The van der Waals surface area contributed by atoms with E-state index in [1.54, 1.807) is 6.33 Å². The number of aromatic nitrogens is 2. The van der Waals surface area contributed by atoms with Crippen LogP contribution in [-0.4, -0.2) is 39.4 Å². The molecule has 7 heteroatoms. The van der Waals surface area contributed by atoms with E-state index in [4.69, 9.17) is 0 Å². The maximum atomic E-state index is 13.0. The van der Waals surface area contributed by atoms with Gasteiger partial charge >= 0.3 is 0 Å². The fraction of sp³-hybridized carbons (Fsp3) is 0.350. The van der Waals surface area contributed by atoms with Gasteiger partial charge in [0.15, 0.2) is 0 Å². The quantitative estimate of drug-likeness (QED) is 0.737. The molecule has 6 nitrogen and oxygen atoms in total. The minimum Gasteiger partial charge on any atom is -0.352 e. The molecule has 0 spiro atoms. The lowest BCUT2D eigenvalue weighted by Gasteiger charge is -2.24. The Kier molecular flexibility index (Phi) is 4.94. The predicted octanol–water partition coefficient (Wildman–Crippen LogP) is 3.21. The van der Waals surface area contributed by atoms with E-state index < -0.39 is 0 Å². The van der Waals surface area contributed by atoms with E-state index in [1.807, 2.05) is 52.8 Å². The number of rotatable bonds is 5. The topological polar surface area (TPSA) is 67.2 Å². The van der Waals surface area contributed by atoms with E-state index in [2.05, 4.69) is 10.3 Å². The van der Waals surface area contributed by atoms with Crippen LogP contribution in [0.3, 0.4) is 0 Å². The van der Waals surface area contributed by atoms with E-state index in [0.717, 1.165) is 35.3 Å². The summed E-state index contributed by atoms with van der Waals surface area (Å²) in [6.45, 7) is 3.55. The van der Waals surface area contributed by atoms with Crippen LogP contribution in [0.25, 0.3) is 11.0 Å². The normalized spacial score (nSPS) is 16.8. The lowest BCUT2D eigenvalue weighted by molar-refractivity contribution is -0.132. The Morgan fingerprint density at radius 3 is 2.96 bits per heavy atom. The van der Waals surface area contributed by atoms with Gasteiger partial charge in [-0.3, -0.25) is 9.59 Å². The largest absolute Gasteiger partial charge is 0.352 e. The second-order valence-electron chi connectivity index (χ2n) is 6.67. The summed E-state index contributed by atoms with van der Waals surface area (Å²) in [7, 11) is 0. The fourth-order valence-electron chi connectivity index (χ4n) is 3.64. The maximum absolute atomic E-state index is 13.0. The average Bonchev–Trinajstić information content (AvgIpc) is 3.41. The number of hydrogen-bond acceptors (Lipinski definition) is 4. The standard InChI is InChI=1S/C20H22N4O2S/c1-2-21-20(26)18-10-9-17(27-18)16-8-5-11-24(16)19(25)12-23-13-22-14-6-3-4-7-15(14)23/h3-4,6-7,9-10,13,16H,2,5,8,11-12H2,1H3,(H,21,26)/t16-/m0/s1. The van der Waals surface area contributed by atoms with Gasteiger partial charge in [0.25, 0.3) is 5.91 Å². The van der Waals surface area contributed by atoms with Gasteiger partial charge in [0.2, 0.25) is 5.91 Å². The van der Waals surface area contributed by atoms with Gasteiger partial charge in [-0.2, -0.15) is 0 Å². The molecule has 2 amide bonds. The number of amides is 2. The zero-order valence-corrected chi connectivity index (χ0v) is 16.0. The summed E-state index contributed by atoms with van der Waals surface area (Å²) in [6.07, 6.45) is 3.65. The van der Waals surface area contributed by atoms with Crippen LogP contribution in [0, 0.1) is 0 Å². The molecule has 1 saturated heterocycles. The molecule has 0 radical (unpaired) electrons. The van der Waals surface area contributed by atoms with Gasteiger partial charge in [0.1, 0.15) is 6.54 Å². The first-order valence-corrected chi connectivity index (χ1v) is 10.1. The van der Waals surface area contributed by atoms with Gasteiger partial charge in [0.05, 0.1) is 28.3 Å². The Morgan fingerprint density at radius 2 is 2.11 bits per heavy atom.